The highest BCUT2D eigenvalue weighted by atomic mass is 32.2. The van der Waals surface area contributed by atoms with E-state index < -0.39 is 5.25 Å². The molecule has 0 radical (unpaired) electrons. The number of carbonyl (C=O) groups excluding carboxylic acids is 2. The molecule has 0 spiro atoms. The van der Waals surface area contributed by atoms with Crippen molar-refractivity contribution in [1.82, 2.24) is 5.32 Å². The highest BCUT2D eigenvalue weighted by Gasteiger charge is 2.32. The fourth-order valence-electron chi connectivity index (χ4n) is 2.87. The molecule has 136 valence electrons. The number of hydrogen-bond acceptors (Lipinski definition) is 5. The summed E-state index contributed by atoms with van der Waals surface area (Å²) >= 11 is 1.27. The second kappa shape index (κ2) is 7.67. The molecule has 0 saturated carbocycles. The Morgan fingerprint density at radius 2 is 2.00 bits per heavy atom. The van der Waals surface area contributed by atoms with Crippen molar-refractivity contribution in [2.45, 2.75) is 18.2 Å². The Morgan fingerprint density at radius 3 is 2.85 bits per heavy atom. The maximum Gasteiger partial charge on any atom is 0.240 e. The first kappa shape index (κ1) is 17.4. The Kier molecular flexibility index (Phi) is 4.93. The van der Waals surface area contributed by atoms with Crippen LogP contribution in [0.5, 0.6) is 0 Å². The van der Waals surface area contributed by atoms with E-state index in [1.807, 2.05) is 48.5 Å². The van der Waals surface area contributed by atoms with Crippen molar-refractivity contribution < 1.29 is 14.0 Å². The van der Waals surface area contributed by atoms with Crippen LogP contribution >= 0.6 is 11.8 Å². The lowest BCUT2D eigenvalue weighted by molar-refractivity contribution is -0.122. The number of rotatable bonds is 5. The summed E-state index contributed by atoms with van der Waals surface area (Å²) in [6, 6.07) is 17.2. The fraction of sp³-hybridized carbons (Fsp3) is 0.150. The average Bonchev–Trinajstić information content (AvgIpc) is 3.30. The number of furan rings is 1. The van der Waals surface area contributed by atoms with Crippen molar-refractivity contribution in [2.75, 3.05) is 5.32 Å². The normalized spacial score (nSPS) is 18.0. The second-order valence-electron chi connectivity index (χ2n) is 6.08. The third kappa shape index (κ3) is 4.03. The first-order valence-corrected chi connectivity index (χ1v) is 9.39. The Labute approximate surface area is 160 Å². The summed E-state index contributed by atoms with van der Waals surface area (Å²) in [5.74, 6) is 0.312. The van der Waals surface area contributed by atoms with Gasteiger partial charge in [0.15, 0.2) is 5.17 Å². The number of amidine groups is 1. The average molecular weight is 379 g/mol. The van der Waals surface area contributed by atoms with Crippen LogP contribution < -0.4 is 10.6 Å². The second-order valence-corrected chi connectivity index (χ2v) is 7.27. The van der Waals surface area contributed by atoms with Crippen LogP contribution in [-0.2, 0) is 16.1 Å². The monoisotopic (exact) mass is 379 g/mol. The van der Waals surface area contributed by atoms with E-state index in [0.717, 1.165) is 22.2 Å². The lowest BCUT2D eigenvalue weighted by atomic mass is 10.1. The molecule has 1 unspecified atom stereocenters. The van der Waals surface area contributed by atoms with Crippen LogP contribution in [0, 0.1) is 0 Å². The molecule has 6 nitrogen and oxygen atoms in total. The Morgan fingerprint density at radius 1 is 1.15 bits per heavy atom. The quantitative estimate of drug-likeness (QED) is 0.710. The third-order valence-electron chi connectivity index (χ3n) is 4.17. The van der Waals surface area contributed by atoms with Gasteiger partial charge in [-0.05, 0) is 23.6 Å². The number of anilines is 1. The van der Waals surface area contributed by atoms with Crippen molar-refractivity contribution in [2.24, 2.45) is 4.99 Å². The highest BCUT2D eigenvalue weighted by Crippen LogP contribution is 2.26. The van der Waals surface area contributed by atoms with E-state index in [1.165, 1.54) is 11.8 Å². The van der Waals surface area contributed by atoms with Gasteiger partial charge in [-0.3, -0.25) is 14.6 Å². The summed E-state index contributed by atoms with van der Waals surface area (Å²) in [6.45, 7) is 0.352. The van der Waals surface area contributed by atoms with Gasteiger partial charge in [0.05, 0.1) is 12.8 Å². The van der Waals surface area contributed by atoms with Gasteiger partial charge in [0.2, 0.25) is 11.8 Å². The van der Waals surface area contributed by atoms with Crippen molar-refractivity contribution >= 4 is 45.2 Å². The molecule has 1 aliphatic heterocycles. The zero-order chi connectivity index (χ0) is 18.6. The number of fused-ring (bicyclic) bond motifs is 1. The molecule has 2 heterocycles. The molecule has 0 bridgehead atoms. The topological polar surface area (TPSA) is 83.7 Å². The van der Waals surface area contributed by atoms with Crippen LogP contribution in [0.15, 0.2) is 70.3 Å². The SMILES string of the molecule is O=C(CC1SC(=NCc2ccco2)NC1=O)Nc1cccc2ccccc12. The third-order valence-corrected chi connectivity index (χ3v) is 5.29. The summed E-state index contributed by atoms with van der Waals surface area (Å²) in [5.41, 5.74) is 0.744. The van der Waals surface area contributed by atoms with Gasteiger partial charge >= 0.3 is 0 Å². The lowest BCUT2D eigenvalue weighted by Gasteiger charge is -2.10. The Bertz CT molecular complexity index is 1010. The molecule has 3 aromatic rings. The maximum absolute atomic E-state index is 12.4. The van der Waals surface area contributed by atoms with Crippen LogP contribution in [0.25, 0.3) is 10.8 Å². The summed E-state index contributed by atoms with van der Waals surface area (Å²) in [7, 11) is 0. The molecule has 4 rings (SSSR count). The molecule has 27 heavy (non-hydrogen) atoms. The number of nitrogens with zero attached hydrogens (tertiary/aromatic N) is 1. The number of nitrogens with one attached hydrogen (secondary N) is 2. The molecule has 0 aliphatic carbocycles. The molecule has 1 fully saturated rings. The van der Waals surface area contributed by atoms with E-state index in [9.17, 15) is 9.59 Å². The maximum atomic E-state index is 12.4. The van der Waals surface area contributed by atoms with E-state index in [4.69, 9.17) is 4.42 Å². The molecular weight excluding hydrogens is 362 g/mol. The lowest BCUT2D eigenvalue weighted by Crippen LogP contribution is -2.28. The molecule has 1 atom stereocenters. The minimum absolute atomic E-state index is 0.0828. The van der Waals surface area contributed by atoms with Crippen molar-refractivity contribution in [1.29, 1.82) is 0 Å². The number of benzene rings is 2. The predicted octanol–water partition coefficient (Wildman–Crippen LogP) is 3.55. The van der Waals surface area contributed by atoms with E-state index >= 15 is 0 Å². The standard InChI is InChI=1S/C20H17N3O3S/c24-18(22-16-9-3-6-13-5-1-2-8-15(13)16)11-17-19(25)23-20(27-17)21-12-14-7-4-10-26-14/h1-10,17H,11-12H2,(H,22,24)(H,21,23,25). The van der Waals surface area contributed by atoms with E-state index in [0.29, 0.717) is 11.7 Å². The van der Waals surface area contributed by atoms with E-state index in [1.54, 1.807) is 12.3 Å². The number of thioether (sulfide) groups is 1. The van der Waals surface area contributed by atoms with Crippen molar-refractivity contribution in [3.63, 3.8) is 0 Å². The van der Waals surface area contributed by atoms with Crippen LogP contribution in [0.1, 0.15) is 12.2 Å². The van der Waals surface area contributed by atoms with Crippen LogP contribution in [-0.4, -0.2) is 22.2 Å². The summed E-state index contributed by atoms with van der Waals surface area (Å²) < 4.78 is 5.22. The number of carbonyl (C=O) groups is 2. The van der Waals surface area contributed by atoms with Gasteiger partial charge in [-0.1, -0.05) is 48.2 Å². The zero-order valence-electron chi connectivity index (χ0n) is 14.3. The van der Waals surface area contributed by atoms with E-state index in [2.05, 4.69) is 15.6 Å². The summed E-state index contributed by atoms with van der Waals surface area (Å²) in [6.07, 6.45) is 1.66. The van der Waals surface area contributed by atoms with Crippen molar-refractivity contribution in [3.05, 3.63) is 66.6 Å². The first-order valence-electron chi connectivity index (χ1n) is 8.51. The molecule has 1 aliphatic rings. The fourth-order valence-corrected chi connectivity index (χ4v) is 3.84. The van der Waals surface area contributed by atoms with E-state index in [-0.39, 0.29) is 18.2 Å². The molecule has 1 saturated heterocycles. The molecule has 2 amide bonds. The van der Waals surface area contributed by atoms with Gasteiger partial charge in [-0.15, -0.1) is 0 Å². The van der Waals surface area contributed by atoms with Crippen LogP contribution in [0.4, 0.5) is 5.69 Å². The summed E-state index contributed by atoms with van der Waals surface area (Å²) in [5, 5.41) is 7.68. The van der Waals surface area contributed by atoms with Gasteiger partial charge in [-0.2, -0.15) is 0 Å². The molecule has 2 N–H and O–H groups in total. The van der Waals surface area contributed by atoms with Gasteiger partial charge in [0, 0.05) is 17.5 Å². The van der Waals surface area contributed by atoms with Crippen LogP contribution in [0.3, 0.4) is 0 Å². The Hall–Kier alpha value is -3.06. The van der Waals surface area contributed by atoms with Gasteiger partial charge in [-0.25, -0.2) is 0 Å². The smallest absolute Gasteiger partial charge is 0.240 e. The molecule has 1 aromatic heterocycles. The minimum atomic E-state index is -0.490. The number of amides is 2. The van der Waals surface area contributed by atoms with Gasteiger partial charge in [0.1, 0.15) is 11.0 Å². The molecular formula is C20H17N3O3S. The zero-order valence-corrected chi connectivity index (χ0v) is 15.2. The van der Waals surface area contributed by atoms with Crippen molar-refractivity contribution in [3.8, 4) is 0 Å². The molecule has 2 aromatic carbocycles. The van der Waals surface area contributed by atoms with Gasteiger partial charge < -0.3 is 15.1 Å². The van der Waals surface area contributed by atoms with Crippen LogP contribution in [0.2, 0.25) is 0 Å². The largest absolute Gasteiger partial charge is 0.467 e. The number of hydrogen-bond donors (Lipinski definition) is 2. The highest BCUT2D eigenvalue weighted by molar-refractivity contribution is 8.15. The Balaban J connectivity index is 1.39. The summed E-state index contributed by atoms with van der Waals surface area (Å²) in [4.78, 5) is 28.9. The predicted molar refractivity (Wildman–Crippen MR) is 107 cm³/mol. The van der Waals surface area contributed by atoms with Gasteiger partial charge in [0.25, 0.3) is 0 Å². The first-order chi connectivity index (χ1) is 13.2. The minimum Gasteiger partial charge on any atom is -0.467 e. The number of aliphatic imine (C=N–C) groups is 1. The molecule has 7 heteroatoms.